The number of hydrogen-bond donors (Lipinski definition) is 2. The topological polar surface area (TPSA) is 69.9 Å². The summed E-state index contributed by atoms with van der Waals surface area (Å²) < 4.78 is 0. The maximum absolute atomic E-state index is 9.81. The fraction of sp³-hybridized carbons (Fsp3) is 0.143. The van der Waals surface area contributed by atoms with E-state index >= 15 is 0 Å². The highest BCUT2D eigenvalue weighted by Crippen LogP contribution is 2.26. The van der Waals surface area contributed by atoms with E-state index in [1.807, 2.05) is 0 Å². The first-order valence-corrected chi connectivity index (χ1v) is 3.04. The lowest BCUT2D eigenvalue weighted by Crippen LogP contribution is -1.82. The first-order chi connectivity index (χ1) is 5.25. The Morgan fingerprint density at radius 2 is 1.82 bits per heavy atom. The second-order valence-electron chi connectivity index (χ2n) is 2.06. The molecule has 0 amide bonds. The van der Waals surface area contributed by atoms with Crippen LogP contribution in [-0.4, -0.2) is 10.2 Å². The highest BCUT2D eigenvalue weighted by molar-refractivity contribution is 5.42. The third kappa shape index (κ3) is 1.46. The van der Waals surface area contributed by atoms with E-state index in [0.29, 0.717) is 0 Å². The lowest BCUT2D eigenvalue weighted by Gasteiger charge is -2.00. The molecule has 0 saturated heterocycles. The quantitative estimate of drug-likeness (QED) is 0.630. The van der Waals surface area contributed by atoms with Gasteiger partial charge in [0, 0.05) is 0 Å². The molecule has 0 fully saturated rings. The van der Waals surface area contributed by atoms with Gasteiger partial charge in [-0.25, -0.2) is 0 Å². The summed E-state index contributed by atoms with van der Waals surface area (Å²) >= 11 is 0. The smallest absolute Gasteiger partial charge is 0.124 e. The van der Waals surface area contributed by atoms with Gasteiger partial charge in [0.05, 0.1) is 5.56 Å². The molecule has 1 rings (SSSR count). The van der Waals surface area contributed by atoms with Crippen LogP contribution < -0.4 is 0 Å². The van der Waals surface area contributed by atoms with E-state index in [9.17, 15) is 4.91 Å². The summed E-state index contributed by atoms with van der Waals surface area (Å²) in [6.45, 7) is -0.210. The standard InChI is InChI=1S/C7H7NO3/c9-6-2-1-3-7(10)5(6)4-8-11/h1-3,9-10H,4H2. The fourth-order valence-corrected chi connectivity index (χ4v) is 0.789. The minimum absolute atomic E-state index is 0.107. The molecule has 0 bridgehead atoms. The highest BCUT2D eigenvalue weighted by Gasteiger charge is 2.05. The van der Waals surface area contributed by atoms with E-state index in [2.05, 4.69) is 5.18 Å². The SMILES string of the molecule is O=NCc1c(O)cccc1O. The summed E-state index contributed by atoms with van der Waals surface area (Å²) in [4.78, 5) is 9.81. The van der Waals surface area contributed by atoms with E-state index in [-0.39, 0.29) is 23.6 Å². The Labute approximate surface area is 63.1 Å². The molecular weight excluding hydrogens is 146 g/mol. The molecule has 0 aliphatic carbocycles. The molecule has 0 atom stereocenters. The predicted octanol–water partition coefficient (Wildman–Crippen LogP) is 1.36. The summed E-state index contributed by atoms with van der Waals surface area (Å²) in [5, 5.41) is 20.7. The zero-order chi connectivity index (χ0) is 8.27. The molecule has 1 aromatic carbocycles. The summed E-state index contributed by atoms with van der Waals surface area (Å²) in [5.41, 5.74) is 0.169. The second kappa shape index (κ2) is 3.01. The number of nitroso groups, excluding NO2 is 1. The number of aromatic hydroxyl groups is 2. The second-order valence-corrected chi connectivity index (χ2v) is 2.06. The summed E-state index contributed by atoms with van der Waals surface area (Å²) in [7, 11) is 0. The maximum atomic E-state index is 9.81. The van der Waals surface area contributed by atoms with Crippen LogP contribution in [0.25, 0.3) is 0 Å². The zero-order valence-corrected chi connectivity index (χ0v) is 5.69. The molecule has 58 valence electrons. The van der Waals surface area contributed by atoms with Gasteiger partial charge in [0.15, 0.2) is 0 Å². The van der Waals surface area contributed by atoms with Crippen molar-refractivity contribution in [3.05, 3.63) is 28.7 Å². The van der Waals surface area contributed by atoms with Crippen LogP contribution in [0.15, 0.2) is 23.4 Å². The summed E-state index contributed by atoms with van der Waals surface area (Å²) in [6, 6.07) is 4.26. The summed E-state index contributed by atoms with van der Waals surface area (Å²) in [6.07, 6.45) is 0. The van der Waals surface area contributed by atoms with Gasteiger partial charge < -0.3 is 10.2 Å². The van der Waals surface area contributed by atoms with Crippen LogP contribution in [0.2, 0.25) is 0 Å². The lowest BCUT2D eigenvalue weighted by atomic mass is 10.2. The first kappa shape index (κ1) is 7.53. The molecule has 0 aromatic heterocycles. The molecule has 0 heterocycles. The Bertz CT molecular complexity index is 252. The van der Waals surface area contributed by atoms with E-state index in [1.165, 1.54) is 18.2 Å². The van der Waals surface area contributed by atoms with Crippen LogP contribution in [0.1, 0.15) is 5.56 Å². The van der Waals surface area contributed by atoms with Gasteiger partial charge in [-0.15, -0.1) is 0 Å². The molecule has 2 N–H and O–H groups in total. The van der Waals surface area contributed by atoms with Crippen LogP contribution in [0.5, 0.6) is 11.5 Å². The maximum Gasteiger partial charge on any atom is 0.124 e. The summed E-state index contributed by atoms with van der Waals surface area (Å²) in [5.74, 6) is -0.214. The Kier molecular flexibility index (Phi) is 2.06. The van der Waals surface area contributed by atoms with E-state index in [0.717, 1.165) is 0 Å². The molecule has 4 nitrogen and oxygen atoms in total. The van der Waals surface area contributed by atoms with Crippen LogP contribution in [-0.2, 0) is 6.54 Å². The Morgan fingerprint density at radius 3 is 2.27 bits per heavy atom. The van der Waals surface area contributed by atoms with Crippen molar-refractivity contribution in [1.82, 2.24) is 0 Å². The molecule has 4 heteroatoms. The van der Waals surface area contributed by atoms with Gasteiger partial charge >= 0.3 is 0 Å². The van der Waals surface area contributed by atoms with E-state index in [1.54, 1.807) is 0 Å². The van der Waals surface area contributed by atoms with Crippen LogP contribution in [0, 0.1) is 4.91 Å². The van der Waals surface area contributed by atoms with Crippen LogP contribution >= 0.6 is 0 Å². The largest absolute Gasteiger partial charge is 0.507 e. The van der Waals surface area contributed by atoms with Gasteiger partial charge in [-0.2, -0.15) is 4.91 Å². The molecule has 0 aliphatic heterocycles. The van der Waals surface area contributed by atoms with Crippen LogP contribution in [0.3, 0.4) is 0 Å². The molecule has 0 spiro atoms. The molecule has 0 saturated carbocycles. The molecule has 0 aliphatic rings. The van der Waals surface area contributed by atoms with Gasteiger partial charge in [0.25, 0.3) is 0 Å². The van der Waals surface area contributed by atoms with Gasteiger partial charge in [-0.3, -0.25) is 0 Å². The minimum Gasteiger partial charge on any atom is -0.507 e. The third-order valence-electron chi connectivity index (χ3n) is 1.35. The molecule has 11 heavy (non-hydrogen) atoms. The van der Waals surface area contributed by atoms with Crippen molar-refractivity contribution in [3.63, 3.8) is 0 Å². The molecule has 0 unspecified atom stereocenters. The average molecular weight is 153 g/mol. The zero-order valence-electron chi connectivity index (χ0n) is 5.69. The Morgan fingerprint density at radius 1 is 1.27 bits per heavy atom. The van der Waals surface area contributed by atoms with Crippen LogP contribution in [0.4, 0.5) is 0 Å². The number of phenols is 2. The van der Waals surface area contributed by atoms with E-state index in [4.69, 9.17) is 10.2 Å². The van der Waals surface area contributed by atoms with Gasteiger partial charge in [-0.1, -0.05) is 11.2 Å². The van der Waals surface area contributed by atoms with E-state index < -0.39 is 0 Å². The van der Waals surface area contributed by atoms with Crippen molar-refractivity contribution in [2.24, 2.45) is 5.18 Å². The Hall–Kier alpha value is -1.58. The van der Waals surface area contributed by atoms with Gasteiger partial charge in [-0.05, 0) is 12.1 Å². The number of rotatable bonds is 2. The fourth-order valence-electron chi connectivity index (χ4n) is 0.789. The number of nitrogens with zero attached hydrogens (tertiary/aromatic N) is 1. The molecular formula is C7H7NO3. The van der Waals surface area contributed by atoms with Crippen molar-refractivity contribution < 1.29 is 10.2 Å². The predicted molar refractivity (Wildman–Crippen MR) is 39.3 cm³/mol. The molecule has 0 radical (unpaired) electrons. The van der Waals surface area contributed by atoms with Crippen molar-refractivity contribution in [2.45, 2.75) is 6.54 Å². The minimum atomic E-state index is -0.210. The van der Waals surface area contributed by atoms with Gasteiger partial charge in [0.1, 0.15) is 18.0 Å². The normalized spacial score (nSPS) is 9.45. The number of hydrogen-bond acceptors (Lipinski definition) is 4. The first-order valence-electron chi connectivity index (χ1n) is 3.04. The van der Waals surface area contributed by atoms with Crippen molar-refractivity contribution >= 4 is 0 Å². The number of benzene rings is 1. The molecule has 1 aromatic rings. The van der Waals surface area contributed by atoms with Crippen molar-refractivity contribution in [3.8, 4) is 11.5 Å². The van der Waals surface area contributed by atoms with Gasteiger partial charge in [0.2, 0.25) is 0 Å². The third-order valence-corrected chi connectivity index (χ3v) is 1.35. The Balaban J connectivity index is 3.09. The van der Waals surface area contributed by atoms with Crippen molar-refractivity contribution in [2.75, 3.05) is 0 Å². The number of phenolic OH excluding ortho intramolecular Hbond substituents is 2. The average Bonchev–Trinajstić information content (AvgIpc) is 1.97. The monoisotopic (exact) mass is 153 g/mol. The highest BCUT2D eigenvalue weighted by atomic mass is 16.3. The van der Waals surface area contributed by atoms with Crippen molar-refractivity contribution in [1.29, 1.82) is 0 Å². The lowest BCUT2D eigenvalue weighted by molar-refractivity contribution is 0.439.